The van der Waals surface area contributed by atoms with Gasteiger partial charge >= 0.3 is 13.1 Å². The molecule has 6 nitrogen and oxygen atoms in total. The molecule has 2 aliphatic heterocycles. The topological polar surface area (TPSA) is 66.0 Å². The van der Waals surface area contributed by atoms with Gasteiger partial charge in [0.05, 0.1) is 30.5 Å². The minimum Gasteiger partial charge on any atom is -0.486 e. The Morgan fingerprint density at radius 1 is 1.28 bits per heavy atom. The minimum absolute atomic E-state index is 0.0469. The van der Waals surface area contributed by atoms with Crippen LogP contribution >= 0.6 is 0 Å². The van der Waals surface area contributed by atoms with E-state index < -0.39 is 7.12 Å². The molecule has 25 heavy (non-hydrogen) atoms. The lowest BCUT2D eigenvalue weighted by atomic mass is 9.79. The molecule has 0 spiro atoms. The Hall–Kier alpha value is -1.73. The summed E-state index contributed by atoms with van der Waals surface area (Å²) in [4.78, 5) is 11.3. The predicted octanol–water partition coefficient (Wildman–Crippen LogP) is 2.11. The van der Waals surface area contributed by atoms with Crippen molar-refractivity contribution >= 4 is 24.2 Å². The van der Waals surface area contributed by atoms with Crippen LogP contribution in [0.2, 0.25) is 0 Å². The van der Waals surface area contributed by atoms with Crippen molar-refractivity contribution in [2.45, 2.75) is 57.8 Å². The van der Waals surface area contributed by atoms with Gasteiger partial charge in [0, 0.05) is 6.42 Å². The molecule has 1 atom stereocenters. The summed E-state index contributed by atoms with van der Waals surface area (Å²) in [6.45, 7) is 8.81. The van der Waals surface area contributed by atoms with Crippen molar-refractivity contribution in [3.63, 3.8) is 0 Å². The highest BCUT2D eigenvalue weighted by Crippen LogP contribution is 2.37. The highest BCUT2D eigenvalue weighted by Gasteiger charge is 2.51. The van der Waals surface area contributed by atoms with Gasteiger partial charge in [0.15, 0.2) is 0 Å². The molecule has 1 saturated heterocycles. The Kier molecular flexibility index (Phi) is 4.73. The van der Waals surface area contributed by atoms with E-state index in [9.17, 15) is 4.79 Å². The Bertz CT molecular complexity index is 645. The van der Waals surface area contributed by atoms with E-state index in [0.717, 1.165) is 16.9 Å². The maximum Gasteiger partial charge on any atom is 0.494 e. The van der Waals surface area contributed by atoms with Gasteiger partial charge in [-0.15, -0.1) is 0 Å². The van der Waals surface area contributed by atoms with Crippen LogP contribution in [0.25, 0.3) is 0 Å². The third-order valence-electron chi connectivity index (χ3n) is 5.24. The van der Waals surface area contributed by atoms with E-state index in [2.05, 4.69) is 10.1 Å². The summed E-state index contributed by atoms with van der Waals surface area (Å²) in [6.07, 6.45) is 0.928. The van der Waals surface area contributed by atoms with Gasteiger partial charge in [0.2, 0.25) is 0 Å². The normalized spacial score (nSPS) is 23.4. The molecule has 0 amide bonds. The summed E-state index contributed by atoms with van der Waals surface area (Å²) in [5.74, 6) is 0.562. The zero-order valence-electron chi connectivity index (χ0n) is 15.5. The van der Waals surface area contributed by atoms with Crippen LogP contribution in [0.4, 0.5) is 5.69 Å². The molecule has 2 aliphatic rings. The molecule has 0 radical (unpaired) electrons. The number of hydrogen-bond donors (Lipinski definition) is 1. The van der Waals surface area contributed by atoms with Crippen molar-refractivity contribution in [2.24, 2.45) is 0 Å². The number of anilines is 1. The lowest BCUT2D eigenvalue weighted by Crippen LogP contribution is -2.41. The van der Waals surface area contributed by atoms with Crippen LogP contribution in [-0.4, -0.2) is 44.0 Å². The second-order valence-corrected chi connectivity index (χ2v) is 7.58. The maximum absolute atomic E-state index is 11.3. The van der Waals surface area contributed by atoms with Crippen molar-refractivity contribution in [3.8, 4) is 5.75 Å². The highest BCUT2D eigenvalue weighted by molar-refractivity contribution is 6.62. The number of nitrogens with one attached hydrogen (secondary N) is 1. The molecule has 0 aliphatic carbocycles. The van der Waals surface area contributed by atoms with E-state index in [-0.39, 0.29) is 23.3 Å². The standard InChI is InChI=1S/C18H26BNO5/c1-17(2)18(3,4)25-19(24-17)12-6-8-15-14(10-12)20-11-13(23-15)7-9-16(21)22-5/h6,8,10,13,20H,7,9,11H2,1-5H3/t13-/m0/s1. The largest absolute Gasteiger partial charge is 0.494 e. The number of hydrogen-bond acceptors (Lipinski definition) is 6. The number of benzene rings is 1. The molecular weight excluding hydrogens is 321 g/mol. The molecule has 1 aromatic rings. The van der Waals surface area contributed by atoms with Crippen molar-refractivity contribution in [1.82, 2.24) is 0 Å². The van der Waals surface area contributed by atoms with Gasteiger partial charge in [-0.2, -0.15) is 0 Å². The van der Waals surface area contributed by atoms with Gasteiger partial charge in [-0.05, 0) is 51.7 Å². The summed E-state index contributed by atoms with van der Waals surface area (Å²) in [7, 11) is 1.00. The Labute approximate surface area is 149 Å². The van der Waals surface area contributed by atoms with Crippen LogP contribution in [0.3, 0.4) is 0 Å². The second kappa shape index (κ2) is 6.54. The number of esters is 1. The lowest BCUT2D eigenvalue weighted by Gasteiger charge is -2.32. The Morgan fingerprint density at radius 3 is 2.60 bits per heavy atom. The fourth-order valence-corrected chi connectivity index (χ4v) is 2.90. The molecule has 1 aromatic carbocycles. The molecule has 2 heterocycles. The molecule has 0 bridgehead atoms. The monoisotopic (exact) mass is 347 g/mol. The molecular formula is C18H26BNO5. The molecule has 136 valence electrons. The van der Waals surface area contributed by atoms with Gasteiger partial charge in [-0.25, -0.2) is 0 Å². The number of carbonyl (C=O) groups is 1. The third-order valence-corrected chi connectivity index (χ3v) is 5.24. The van der Waals surface area contributed by atoms with Gasteiger partial charge in [-0.1, -0.05) is 6.07 Å². The van der Waals surface area contributed by atoms with Crippen molar-refractivity contribution in [1.29, 1.82) is 0 Å². The van der Waals surface area contributed by atoms with Gasteiger partial charge in [-0.3, -0.25) is 4.79 Å². The number of rotatable bonds is 4. The molecule has 1 N–H and O–H groups in total. The van der Waals surface area contributed by atoms with E-state index >= 15 is 0 Å². The van der Waals surface area contributed by atoms with E-state index in [4.69, 9.17) is 14.0 Å². The van der Waals surface area contributed by atoms with Gasteiger partial charge in [0.25, 0.3) is 0 Å². The third kappa shape index (κ3) is 3.62. The average Bonchev–Trinajstić information content (AvgIpc) is 2.79. The van der Waals surface area contributed by atoms with Crippen LogP contribution in [0.5, 0.6) is 5.75 Å². The SMILES string of the molecule is COC(=O)CC[C@H]1CNc2cc(B3OC(C)(C)C(C)(C)O3)ccc2O1. The molecule has 3 rings (SSSR count). The summed E-state index contributed by atoms with van der Waals surface area (Å²) in [6, 6.07) is 5.90. The van der Waals surface area contributed by atoms with Crippen LogP contribution in [0.15, 0.2) is 18.2 Å². The zero-order chi connectivity index (χ0) is 18.2. The summed E-state index contributed by atoms with van der Waals surface area (Å²) in [5.41, 5.74) is 1.15. The predicted molar refractivity (Wildman–Crippen MR) is 96.3 cm³/mol. The summed E-state index contributed by atoms with van der Waals surface area (Å²) in [5, 5.41) is 3.37. The Balaban J connectivity index is 1.68. The fraction of sp³-hybridized carbons (Fsp3) is 0.611. The van der Waals surface area contributed by atoms with Crippen LogP contribution in [0.1, 0.15) is 40.5 Å². The fourth-order valence-electron chi connectivity index (χ4n) is 2.90. The molecule has 0 aromatic heterocycles. The first-order valence-corrected chi connectivity index (χ1v) is 8.69. The molecule has 0 unspecified atom stereocenters. The van der Waals surface area contributed by atoms with E-state index in [0.29, 0.717) is 19.4 Å². The molecule has 7 heteroatoms. The van der Waals surface area contributed by atoms with Crippen molar-refractivity contribution < 1.29 is 23.6 Å². The number of methoxy groups -OCH3 is 1. The Morgan fingerprint density at radius 2 is 1.96 bits per heavy atom. The lowest BCUT2D eigenvalue weighted by molar-refractivity contribution is -0.141. The van der Waals surface area contributed by atoms with E-state index in [1.54, 1.807) is 0 Å². The van der Waals surface area contributed by atoms with Crippen LogP contribution in [0, 0.1) is 0 Å². The smallest absolute Gasteiger partial charge is 0.486 e. The van der Waals surface area contributed by atoms with Gasteiger partial charge < -0.3 is 24.1 Å². The molecule has 1 fully saturated rings. The van der Waals surface area contributed by atoms with Crippen molar-refractivity contribution in [2.75, 3.05) is 19.0 Å². The average molecular weight is 347 g/mol. The van der Waals surface area contributed by atoms with Crippen LogP contribution in [-0.2, 0) is 18.8 Å². The van der Waals surface area contributed by atoms with E-state index in [1.807, 2.05) is 45.9 Å². The zero-order valence-corrected chi connectivity index (χ0v) is 15.5. The maximum atomic E-state index is 11.3. The van der Waals surface area contributed by atoms with Crippen LogP contribution < -0.4 is 15.5 Å². The minimum atomic E-state index is -0.394. The quantitative estimate of drug-likeness (QED) is 0.665. The first kappa shape index (κ1) is 18.1. The first-order chi connectivity index (χ1) is 11.7. The second-order valence-electron chi connectivity index (χ2n) is 7.58. The van der Waals surface area contributed by atoms with Gasteiger partial charge in [0.1, 0.15) is 11.9 Å². The molecule has 0 saturated carbocycles. The van der Waals surface area contributed by atoms with Crippen molar-refractivity contribution in [3.05, 3.63) is 18.2 Å². The first-order valence-electron chi connectivity index (χ1n) is 8.69. The summed E-state index contributed by atoms with van der Waals surface area (Å²) < 4.78 is 22.8. The highest BCUT2D eigenvalue weighted by atomic mass is 16.7. The number of carbonyl (C=O) groups excluding carboxylic acids is 1. The number of fused-ring (bicyclic) bond motifs is 1. The summed E-state index contributed by atoms with van der Waals surface area (Å²) >= 11 is 0. The van der Waals surface area contributed by atoms with E-state index in [1.165, 1.54) is 7.11 Å². The number of ether oxygens (including phenoxy) is 2.